The zero-order chi connectivity index (χ0) is 18.1. The van der Waals surface area contributed by atoms with E-state index in [4.69, 9.17) is 0 Å². The number of aromatic amines is 1. The molecule has 5 rings (SSSR count). The Bertz CT molecular complexity index is 936. The van der Waals surface area contributed by atoms with Gasteiger partial charge in [0.05, 0.1) is 0 Å². The number of hydrogen-bond donors (Lipinski definition) is 1. The summed E-state index contributed by atoms with van der Waals surface area (Å²) in [5.74, 6) is 0.697. The number of nitrogens with zero attached hydrogens (tertiary/aromatic N) is 2. The summed E-state index contributed by atoms with van der Waals surface area (Å²) < 4.78 is 0. The van der Waals surface area contributed by atoms with Gasteiger partial charge in [-0.3, -0.25) is 10.1 Å². The molecule has 3 heteroatoms. The first-order valence-electron chi connectivity index (χ1n) is 10.1. The van der Waals surface area contributed by atoms with Crippen molar-refractivity contribution in [3.63, 3.8) is 0 Å². The first-order chi connectivity index (χ1) is 13.4. The van der Waals surface area contributed by atoms with Crippen LogP contribution in [0.25, 0.3) is 17.3 Å². The Morgan fingerprint density at radius 2 is 1.81 bits per heavy atom. The van der Waals surface area contributed by atoms with Gasteiger partial charge in [-0.25, -0.2) is 0 Å². The van der Waals surface area contributed by atoms with Crippen LogP contribution in [0.3, 0.4) is 0 Å². The van der Waals surface area contributed by atoms with E-state index < -0.39 is 0 Å². The van der Waals surface area contributed by atoms with Crippen molar-refractivity contribution in [3.05, 3.63) is 77.8 Å². The Morgan fingerprint density at radius 3 is 2.59 bits per heavy atom. The van der Waals surface area contributed by atoms with Crippen molar-refractivity contribution < 1.29 is 0 Å². The minimum Gasteiger partial charge on any atom is -0.281 e. The van der Waals surface area contributed by atoms with Crippen molar-refractivity contribution in [1.29, 1.82) is 0 Å². The van der Waals surface area contributed by atoms with E-state index in [0.717, 1.165) is 17.7 Å². The van der Waals surface area contributed by atoms with E-state index in [1.807, 2.05) is 18.5 Å². The first kappa shape index (κ1) is 16.5. The Morgan fingerprint density at radius 1 is 0.963 bits per heavy atom. The highest BCUT2D eigenvalue weighted by Gasteiger charge is 2.41. The molecule has 1 fully saturated rings. The van der Waals surface area contributed by atoms with E-state index in [1.165, 1.54) is 48.9 Å². The van der Waals surface area contributed by atoms with E-state index in [-0.39, 0.29) is 5.41 Å². The quantitative estimate of drug-likeness (QED) is 0.668. The molecule has 3 nitrogen and oxygen atoms in total. The second-order valence-electron chi connectivity index (χ2n) is 7.96. The van der Waals surface area contributed by atoms with Crippen molar-refractivity contribution in [2.45, 2.75) is 43.9 Å². The summed E-state index contributed by atoms with van der Waals surface area (Å²) in [6, 6.07) is 15.1. The Balaban J connectivity index is 1.59. The zero-order valence-electron chi connectivity index (χ0n) is 15.6. The van der Waals surface area contributed by atoms with Crippen molar-refractivity contribution in [2.75, 3.05) is 0 Å². The van der Waals surface area contributed by atoms with E-state index >= 15 is 0 Å². The van der Waals surface area contributed by atoms with Crippen molar-refractivity contribution in [2.24, 2.45) is 5.92 Å². The lowest BCUT2D eigenvalue weighted by Gasteiger charge is -2.43. The van der Waals surface area contributed by atoms with Gasteiger partial charge < -0.3 is 0 Å². The van der Waals surface area contributed by atoms with Gasteiger partial charge in [-0.05, 0) is 36.5 Å². The van der Waals surface area contributed by atoms with Crippen LogP contribution in [0, 0.1) is 5.92 Å². The van der Waals surface area contributed by atoms with E-state index in [2.05, 4.69) is 63.7 Å². The molecule has 1 unspecified atom stereocenters. The summed E-state index contributed by atoms with van der Waals surface area (Å²) in [7, 11) is 0. The third-order valence-corrected chi connectivity index (χ3v) is 6.48. The minimum absolute atomic E-state index is 0.0768. The molecule has 0 radical (unpaired) electrons. The van der Waals surface area contributed by atoms with Crippen LogP contribution < -0.4 is 0 Å². The molecule has 1 aromatic carbocycles. The van der Waals surface area contributed by atoms with Crippen LogP contribution in [-0.2, 0) is 11.8 Å². The van der Waals surface area contributed by atoms with E-state index in [1.54, 1.807) is 0 Å². The van der Waals surface area contributed by atoms with Crippen LogP contribution in [0.2, 0.25) is 0 Å². The van der Waals surface area contributed by atoms with Gasteiger partial charge in [-0.2, -0.15) is 5.10 Å². The van der Waals surface area contributed by atoms with Gasteiger partial charge in [-0.15, -0.1) is 0 Å². The molecule has 0 bridgehead atoms. The number of H-pyrrole nitrogens is 1. The molecule has 27 heavy (non-hydrogen) atoms. The number of aromatic nitrogens is 3. The van der Waals surface area contributed by atoms with Gasteiger partial charge in [0.1, 0.15) is 5.69 Å². The molecule has 0 saturated heterocycles. The predicted octanol–water partition coefficient (Wildman–Crippen LogP) is 5.56. The van der Waals surface area contributed by atoms with Crippen LogP contribution in [-0.4, -0.2) is 15.2 Å². The first-order valence-corrected chi connectivity index (χ1v) is 10.1. The highest BCUT2D eigenvalue weighted by atomic mass is 15.1. The number of hydrogen-bond acceptors (Lipinski definition) is 2. The number of pyridine rings is 1. The molecule has 1 atom stereocenters. The highest BCUT2D eigenvalue weighted by Crippen LogP contribution is 2.47. The Labute approximate surface area is 160 Å². The minimum atomic E-state index is 0.0768. The molecule has 0 amide bonds. The zero-order valence-corrected chi connectivity index (χ0v) is 15.6. The van der Waals surface area contributed by atoms with Gasteiger partial charge >= 0.3 is 0 Å². The monoisotopic (exact) mass is 355 g/mol. The summed E-state index contributed by atoms with van der Waals surface area (Å²) in [6.45, 7) is 0. The van der Waals surface area contributed by atoms with Gasteiger partial charge in [0.15, 0.2) is 0 Å². The van der Waals surface area contributed by atoms with Gasteiger partial charge in [0.2, 0.25) is 0 Å². The van der Waals surface area contributed by atoms with Gasteiger partial charge in [0.25, 0.3) is 0 Å². The molecule has 1 N–H and O–H groups in total. The molecule has 1 saturated carbocycles. The summed E-state index contributed by atoms with van der Waals surface area (Å²) in [4.78, 5) is 4.26. The molecular formula is C24H25N3. The largest absolute Gasteiger partial charge is 0.281 e. The topological polar surface area (TPSA) is 41.6 Å². The summed E-state index contributed by atoms with van der Waals surface area (Å²) in [5.41, 5.74) is 6.09. The Kier molecular flexibility index (Phi) is 4.16. The standard InChI is InChI=1S/C24H25N3/c1-3-9-19(10-4-1)24(20-11-5-2-6-12-20)14-13-21-22(16-24)26-27-23(21)18-8-7-15-25-17-18/h1,3-4,7-10,13-15,17,20H,2,5-6,11-12,16H2,(H,26,27). The highest BCUT2D eigenvalue weighted by molar-refractivity contribution is 5.75. The molecule has 0 spiro atoms. The van der Waals surface area contributed by atoms with Crippen molar-refractivity contribution >= 4 is 6.08 Å². The SMILES string of the molecule is C1=CC(c2ccccc2)(C2CCCCC2)Cc2[nH]nc(-c3cccnc3)c21. The molecular weight excluding hydrogens is 330 g/mol. The lowest BCUT2D eigenvalue weighted by atomic mass is 9.61. The van der Waals surface area contributed by atoms with Crippen molar-refractivity contribution in [1.82, 2.24) is 15.2 Å². The lowest BCUT2D eigenvalue weighted by molar-refractivity contribution is 0.241. The summed E-state index contributed by atoms with van der Waals surface area (Å²) in [6.07, 6.45) is 16.2. The number of nitrogens with one attached hydrogen (secondary N) is 1. The second-order valence-corrected chi connectivity index (χ2v) is 7.96. The average Bonchev–Trinajstić information content (AvgIpc) is 3.18. The van der Waals surface area contributed by atoms with Crippen LogP contribution >= 0.6 is 0 Å². The normalized spacial score (nSPS) is 22.5. The number of benzene rings is 1. The Hall–Kier alpha value is -2.68. The van der Waals surface area contributed by atoms with Crippen LogP contribution in [0.5, 0.6) is 0 Å². The van der Waals surface area contributed by atoms with Gasteiger partial charge in [0, 0.05) is 41.1 Å². The maximum atomic E-state index is 4.66. The van der Waals surface area contributed by atoms with Crippen LogP contribution in [0.4, 0.5) is 0 Å². The van der Waals surface area contributed by atoms with Crippen LogP contribution in [0.15, 0.2) is 60.9 Å². The smallest absolute Gasteiger partial charge is 0.101 e. The lowest BCUT2D eigenvalue weighted by Crippen LogP contribution is -2.38. The maximum absolute atomic E-state index is 4.66. The number of rotatable bonds is 3. The second kappa shape index (κ2) is 6.80. The number of allylic oxidation sites excluding steroid dienone is 1. The molecule has 2 heterocycles. The molecule has 2 aliphatic rings. The molecule has 2 aliphatic carbocycles. The average molecular weight is 355 g/mol. The summed E-state index contributed by atoms with van der Waals surface area (Å²) >= 11 is 0. The molecule has 2 aromatic heterocycles. The number of fused-ring (bicyclic) bond motifs is 1. The van der Waals surface area contributed by atoms with Gasteiger partial charge in [-0.1, -0.05) is 61.7 Å². The van der Waals surface area contributed by atoms with E-state index in [0.29, 0.717) is 5.92 Å². The molecule has 136 valence electrons. The summed E-state index contributed by atoms with van der Waals surface area (Å²) in [5, 5.41) is 8.02. The maximum Gasteiger partial charge on any atom is 0.101 e. The third-order valence-electron chi connectivity index (χ3n) is 6.48. The van der Waals surface area contributed by atoms with Crippen LogP contribution in [0.1, 0.15) is 48.9 Å². The predicted molar refractivity (Wildman–Crippen MR) is 109 cm³/mol. The van der Waals surface area contributed by atoms with Crippen molar-refractivity contribution in [3.8, 4) is 11.3 Å². The fourth-order valence-corrected chi connectivity index (χ4v) is 5.09. The molecule has 0 aliphatic heterocycles. The fourth-order valence-electron chi connectivity index (χ4n) is 5.09. The van der Waals surface area contributed by atoms with E-state index in [9.17, 15) is 0 Å². The molecule has 3 aromatic rings. The third kappa shape index (κ3) is 2.82. The fraction of sp³-hybridized carbons (Fsp3) is 0.333.